The average Bonchev–Trinajstić information content (AvgIpc) is 3.03. The van der Waals surface area contributed by atoms with Crippen molar-refractivity contribution in [3.63, 3.8) is 0 Å². The first-order chi connectivity index (χ1) is 14.1. The van der Waals surface area contributed by atoms with Crippen LogP contribution >= 0.6 is 0 Å². The van der Waals surface area contributed by atoms with Gasteiger partial charge in [0.25, 0.3) is 5.91 Å². The van der Waals surface area contributed by atoms with Crippen molar-refractivity contribution in [2.45, 2.75) is 13.5 Å². The first-order valence-electron chi connectivity index (χ1n) is 9.25. The Kier molecular flexibility index (Phi) is 5.20. The Balaban J connectivity index is 1.60. The van der Waals surface area contributed by atoms with Crippen LogP contribution in [0.2, 0.25) is 0 Å². The number of carbonyl (C=O) groups excluding carboxylic acids is 1. The number of amides is 1. The highest BCUT2D eigenvalue weighted by atomic mass is 19.1. The fourth-order valence-electron chi connectivity index (χ4n) is 3.09. The summed E-state index contributed by atoms with van der Waals surface area (Å²) in [5, 5.41) is 5.79. The lowest BCUT2D eigenvalue weighted by Gasteiger charge is -2.12. The summed E-state index contributed by atoms with van der Waals surface area (Å²) >= 11 is 0. The molecule has 0 spiro atoms. The van der Waals surface area contributed by atoms with Gasteiger partial charge in [0.05, 0.1) is 17.0 Å². The second-order valence-electron chi connectivity index (χ2n) is 6.61. The zero-order valence-corrected chi connectivity index (χ0v) is 15.9. The summed E-state index contributed by atoms with van der Waals surface area (Å²) in [5.41, 5.74) is 3.04. The number of rotatable bonds is 5. The molecule has 5 heteroatoms. The average molecular weight is 386 g/mol. The van der Waals surface area contributed by atoms with E-state index < -0.39 is 0 Å². The van der Waals surface area contributed by atoms with Gasteiger partial charge in [-0.2, -0.15) is 10.1 Å². The summed E-state index contributed by atoms with van der Waals surface area (Å²) < 4.78 is 19.7. The quantitative estimate of drug-likeness (QED) is 0.565. The Morgan fingerprint density at radius 2 is 1.66 bits per heavy atom. The van der Waals surface area contributed by atoms with Crippen molar-refractivity contribution in [1.29, 1.82) is 0 Å². The number of para-hydroxylation sites is 2. The second kappa shape index (κ2) is 8.10. The molecule has 4 rings (SSSR count). The predicted octanol–water partition coefficient (Wildman–Crippen LogP) is 5.21. The van der Waals surface area contributed by atoms with E-state index in [4.69, 9.17) is 4.74 Å². The molecule has 0 radical (unpaired) electrons. The van der Waals surface area contributed by atoms with Crippen molar-refractivity contribution in [3.05, 3.63) is 101 Å². The molecule has 4 nitrogen and oxygen atoms in total. The van der Waals surface area contributed by atoms with Gasteiger partial charge in [-0.3, -0.25) is 4.79 Å². The smallest absolute Gasteiger partial charge is 0.280 e. The van der Waals surface area contributed by atoms with Crippen LogP contribution in [0.3, 0.4) is 0 Å². The van der Waals surface area contributed by atoms with Crippen LogP contribution < -0.4 is 9.75 Å². The molecular weight excluding hydrogens is 367 g/mol. The molecule has 0 fully saturated rings. The molecule has 1 aliphatic heterocycles. The number of nitrogens with zero attached hydrogens (tertiary/aromatic N) is 2. The van der Waals surface area contributed by atoms with Crippen LogP contribution in [0.15, 0.2) is 89.5 Å². The molecule has 144 valence electrons. The molecule has 1 amide bonds. The van der Waals surface area contributed by atoms with Crippen molar-refractivity contribution in [2.24, 2.45) is 5.10 Å². The molecule has 29 heavy (non-hydrogen) atoms. The summed E-state index contributed by atoms with van der Waals surface area (Å²) in [6.45, 7) is 1.90. The van der Waals surface area contributed by atoms with E-state index >= 15 is 0 Å². The molecule has 1 heterocycles. The maximum absolute atomic E-state index is 13.9. The molecule has 0 aromatic heterocycles. The number of hydrogen-bond donors (Lipinski definition) is 0. The van der Waals surface area contributed by atoms with E-state index in [9.17, 15) is 9.18 Å². The Hall–Kier alpha value is -3.73. The largest absolute Gasteiger partial charge is 0.488 e. The summed E-state index contributed by atoms with van der Waals surface area (Å²) in [6.07, 6.45) is 1.76. The second-order valence-corrected chi connectivity index (χ2v) is 6.61. The molecular formula is C24H19FN2O2. The Morgan fingerprint density at radius 1 is 0.966 bits per heavy atom. The molecule has 0 saturated carbocycles. The van der Waals surface area contributed by atoms with Crippen molar-refractivity contribution in [1.82, 2.24) is 0 Å². The molecule has 0 atom stereocenters. The van der Waals surface area contributed by atoms with Gasteiger partial charge in [0.2, 0.25) is 0 Å². The third-order valence-corrected chi connectivity index (χ3v) is 4.62. The van der Waals surface area contributed by atoms with Crippen LogP contribution in [-0.4, -0.2) is 11.6 Å². The van der Waals surface area contributed by atoms with Gasteiger partial charge >= 0.3 is 0 Å². The van der Waals surface area contributed by atoms with Crippen molar-refractivity contribution >= 4 is 23.4 Å². The summed E-state index contributed by atoms with van der Waals surface area (Å²) in [6, 6.07) is 23.1. The fourth-order valence-corrected chi connectivity index (χ4v) is 3.09. The summed E-state index contributed by atoms with van der Waals surface area (Å²) in [7, 11) is 0. The number of ether oxygens (including phenoxy) is 1. The number of hydrazone groups is 1. The standard InChI is InChI=1S/C24H19FN2O2/c1-17-21(24(28)27(26-17)20-11-3-2-4-12-20)15-18-9-6-8-14-23(18)29-16-19-10-5-7-13-22(19)25/h2-15H,16H2,1H3/b21-15+. The first kappa shape index (κ1) is 18.6. The van der Waals surface area contributed by atoms with Crippen LogP contribution in [0.1, 0.15) is 18.1 Å². The zero-order valence-electron chi connectivity index (χ0n) is 15.9. The van der Waals surface area contributed by atoms with Gasteiger partial charge in [-0.15, -0.1) is 0 Å². The van der Waals surface area contributed by atoms with E-state index in [1.807, 2.05) is 48.5 Å². The molecule has 1 aliphatic rings. The zero-order chi connectivity index (χ0) is 20.2. The van der Waals surface area contributed by atoms with Crippen LogP contribution in [-0.2, 0) is 11.4 Å². The van der Waals surface area contributed by atoms with Gasteiger partial charge in [-0.05, 0) is 37.3 Å². The van der Waals surface area contributed by atoms with Crippen LogP contribution in [0.5, 0.6) is 5.75 Å². The molecule has 0 aliphatic carbocycles. The van der Waals surface area contributed by atoms with Gasteiger partial charge in [-0.25, -0.2) is 4.39 Å². The molecule has 0 unspecified atom stereocenters. The Bertz CT molecular complexity index is 1110. The van der Waals surface area contributed by atoms with E-state index in [-0.39, 0.29) is 18.3 Å². The first-order valence-corrected chi connectivity index (χ1v) is 9.25. The number of hydrogen-bond acceptors (Lipinski definition) is 3. The van der Waals surface area contributed by atoms with Gasteiger partial charge in [-0.1, -0.05) is 54.6 Å². The number of halogens is 1. The van der Waals surface area contributed by atoms with Crippen molar-refractivity contribution in [3.8, 4) is 5.75 Å². The molecule has 3 aromatic rings. The fraction of sp³-hybridized carbons (Fsp3) is 0.0833. The third-order valence-electron chi connectivity index (χ3n) is 4.62. The lowest BCUT2D eigenvalue weighted by molar-refractivity contribution is -0.114. The Labute approximate surface area is 168 Å². The summed E-state index contributed by atoms with van der Waals surface area (Å²) in [5.74, 6) is 0.0652. The third kappa shape index (κ3) is 3.94. The van der Waals surface area contributed by atoms with Crippen LogP contribution in [0, 0.1) is 5.82 Å². The maximum atomic E-state index is 13.9. The molecule has 0 saturated heterocycles. The van der Waals surface area contributed by atoms with E-state index in [2.05, 4.69) is 5.10 Å². The van der Waals surface area contributed by atoms with E-state index in [1.165, 1.54) is 11.1 Å². The number of anilines is 1. The summed E-state index contributed by atoms with van der Waals surface area (Å²) in [4.78, 5) is 12.9. The predicted molar refractivity (Wildman–Crippen MR) is 112 cm³/mol. The van der Waals surface area contributed by atoms with Crippen molar-refractivity contribution < 1.29 is 13.9 Å². The van der Waals surface area contributed by atoms with E-state index in [0.717, 1.165) is 5.56 Å². The van der Waals surface area contributed by atoms with E-state index in [1.54, 1.807) is 37.3 Å². The number of carbonyl (C=O) groups is 1. The van der Waals surface area contributed by atoms with Gasteiger partial charge in [0.15, 0.2) is 0 Å². The Morgan fingerprint density at radius 3 is 2.45 bits per heavy atom. The van der Waals surface area contributed by atoms with Crippen LogP contribution in [0.25, 0.3) is 6.08 Å². The number of benzene rings is 3. The van der Waals surface area contributed by atoms with Crippen LogP contribution in [0.4, 0.5) is 10.1 Å². The van der Waals surface area contributed by atoms with Gasteiger partial charge < -0.3 is 4.74 Å². The molecule has 3 aromatic carbocycles. The van der Waals surface area contributed by atoms with Crippen molar-refractivity contribution in [2.75, 3.05) is 5.01 Å². The lowest BCUT2D eigenvalue weighted by Crippen LogP contribution is -2.21. The normalized spacial score (nSPS) is 15.0. The van der Waals surface area contributed by atoms with Gasteiger partial charge in [0.1, 0.15) is 18.2 Å². The minimum Gasteiger partial charge on any atom is -0.488 e. The van der Waals surface area contributed by atoms with Gasteiger partial charge in [0, 0.05) is 11.1 Å². The molecule has 0 bridgehead atoms. The highest BCUT2D eigenvalue weighted by molar-refractivity contribution is 6.32. The molecule has 0 N–H and O–H groups in total. The maximum Gasteiger partial charge on any atom is 0.280 e. The SMILES string of the molecule is CC1=NN(c2ccccc2)C(=O)/C1=C/c1ccccc1OCc1ccccc1F. The topological polar surface area (TPSA) is 41.9 Å². The monoisotopic (exact) mass is 386 g/mol. The highest BCUT2D eigenvalue weighted by Crippen LogP contribution is 2.28. The minimum absolute atomic E-state index is 0.101. The minimum atomic E-state index is -0.309. The lowest BCUT2D eigenvalue weighted by atomic mass is 10.1. The van der Waals surface area contributed by atoms with E-state index in [0.29, 0.717) is 28.3 Å². The highest BCUT2D eigenvalue weighted by Gasteiger charge is 2.28.